The molecule has 2 N–H and O–H groups in total. The molecular weight excluding hydrogens is 256 g/mol. The molecule has 2 atom stereocenters. The Hall–Kier alpha value is -0.980. The Morgan fingerprint density at radius 2 is 2.35 bits per heavy atom. The largest absolute Gasteiger partial charge is 0.367 e. The van der Waals surface area contributed by atoms with Crippen LogP contribution in [0.25, 0.3) is 0 Å². The second kappa shape index (κ2) is 7.71. The van der Waals surface area contributed by atoms with Gasteiger partial charge in [0.15, 0.2) is 0 Å². The number of nitrogens with zero attached hydrogens (tertiary/aromatic N) is 3. The van der Waals surface area contributed by atoms with Gasteiger partial charge in [-0.3, -0.25) is 4.90 Å². The van der Waals surface area contributed by atoms with Crippen molar-refractivity contribution in [1.82, 2.24) is 15.0 Å². The fourth-order valence-corrected chi connectivity index (χ4v) is 2.45. The lowest BCUT2D eigenvalue weighted by molar-refractivity contribution is -0.0350. The zero-order valence-corrected chi connectivity index (χ0v) is 12.5. The summed E-state index contributed by atoms with van der Waals surface area (Å²) in [6.45, 7) is 7.88. The minimum Gasteiger partial charge on any atom is -0.367 e. The molecule has 0 aromatic carbocycles. The highest BCUT2D eigenvalue weighted by Crippen LogP contribution is 2.20. The number of hydrogen-bond donors (Lipinski definition) is 1. The minimum atomic E-state index is -0.0544. The molecule has 0 amide bonds. The average Bonchev–Trinajstić information content (AvgIpc) is 2.88. The van der Waals surface area contributed by atoms with Crippen molar-refractivity contribution in [3.05, 3.63) is 11.7 Å². The van der Waals surface area contributed by atoms with Gasteiger partial charge in [-0.1, -0.05) is 12.1 Å². The van der Waals surface area contributed by atoms with Crippen LogP contribution in [0.3, 0.4) is 0 Å². The van der Waals surface area contributed by atoms with E-state index >= 15 is 0 Å². The number of rotatable bonds is 7. The Balaban J connectivity index is 1.84. The summed E-state index contributed by atoms with van der Waals surface area (Å²) in [5.41, 5.74) is 5.73. The highest BCUT2D eigenvalue weighted by atomic mass is 16.5. The number of nitrogens with two attached hydrogens (primary N) is 1. The third kappa shape index (κ3) is 4.54. The predicted molar refractivity (Wildman–Crippen MR) is 76.3 cm³/mol. The van der Waals surface area contributed by atoms with E-state index in [0.717, 1.165) is 51.9 Å². The maximum atomic E-state index is 5.75. The molecule has 6 heteroatoms. The first-order chi connectivity index (χ1) is 9.69. The molecule has 20 heavy (non-hydrogen) atoms. The van der Waals surface area contributed by atoms with Gasteiger partial charge in [0.2, 0.25) is 11.7 Å². The Labute approximate surface area is 120 Å². The quantitative estimate of drug-likeness (QED) is 0.817. The fourth-order valence-electron chi connectivity index (χ4n) is 2.45. The molecule has 2 unspecified atom stereocenters. The number of hydrogen-bond acceptors (Lipinski definition) is 6. The smallest absolute Gasteiger partial charge is 0.226 e. The van der Waals surface area contributed by atoms with E-state index in [4.69, 9.17) is 15.0 Å². The summed E-state index contributed by atoms with van der Waals surface area (Å²) in [4.78, 5) is 6.84. The van der Waals surface area contributed by atoms with E-state index in [9.17, 15) is 0 Å². The van der Waals surface area contributed by atoms with Crippen LogP contribution in [-0.4, -0.2) is 47.3 Å². The van der Waals surface area contributed by atoms with E-state index in [-0.39, 0.29) is 12.1 Å². The maximum absolute atomic E-state index is 5.75. The van der Waals surface area contributed by atoms with Crippen LogP contribution in [0.5, 0.6) is 0 Å². The van der Waals surface area contributed by atoms with Crippen molar-refractivity contribution in [2.45, 2.75) is 51.7 Å². The lowest BCUT2D eigenvalue weighted by Gasteiger charge is -2.30. The van der Waals surface area contributed by atoms with Crippen LogP contribution >= 0.6 is 0 Å². The van der Waals surface area contributed by atoms with E-state index in [1.165, 1.54) is 0 Å². The molecule has 1 fully saturated rings. The zero-order chi connectivity index (χ0) is 14.4. The lowest BCUT2D eigenvalue weighted by Crippen LogP contribution is -2.39. The molecule has 0 bridgehead atoms. The number of aromatic nitrogens is 2. The zero-order valence-electron chi connectivity index (χ0n) is 12.5. The molecule has 6 nitrogen and oxygen atoms in total. The van der Waals surface area contributed by atoms with Gasteiger partial charge in [0.1, 0.15) is 6.10 Å². The van der Waals surface area contributed by atoms with Crippen LogP contribution < -0.4 is 5.73 Å². The van der Waals surface area contributed by atoms with Crippen LogP contribution in [0.15, 0.2) is 4.52 Å². The molecule has 0 spiro atoms. The third-order valence-corrected chi connectivity index (χ3v) is 3.51. The summed E-state index contributed by atoms with van der Waals surface area (Å²) in [7, 11) is 0. The van der Waals surface area contributed by atoms with Crippen molar-refractivity contribution in [2.24, 2.45) is 5.73 Å². The number of aryl methyl sites for hydroxylation is 1. The fraction of sp³-hybridized carbons (Fsp3) is 0.857. The predicted octanol–water partition coefficient (Wildman–Crippen LogP) is 1.52. The Bertz CT molecular complexity index is 392. The topological polar surface area (TPSA) is 77.4 Å². The van der Waals surface area contributed by atoms with Gasteiger partial charge in [-0.15, -0.1) is 0 Å². The van der Waals surface area contributed by atoms with Crippen molar-refractivity contribution < 1.29 is 9.26 Å². The van der Waals surface area contributed by atoms with Gasteiger partial charge in [0.25, 0.3) is 0 Å². The molecule has 0 saturated carbocycles. The van der Waals surface area contributed by atoms with E-state index in [2.05, 4.69) is 22.0 Å². The van der Waals surface area contributed by atoms with Crippen LogP contribution in [-0.2, 0) is 11.2 Å². The minimum absolute atomic E-state index is 0.0544. The molecule has 0 aliphatic carbocycles. The van der Waals surface area contributed by atoms with Crippen molar-refractivity contribution >= 4 is 0 Å². The second-order valence-corrected chi connectivity index (χ2v) is 5.58. The first-order valence-electron chi connectivity index (χ1n) is 7.61. The monoisotopic (exact) mass is 282 g/mol. The van der Waals surface area contributed by atoms with Gasteiger partial charge in [0.05, 0.1) is 6.61 Å². The Morgan fingerprint density at radius 3 is 3.10 bits per heavy atom. The van der Waals surface area contributed by atoms with Crippen LogP contribution in [0, 0.1) is 0 Å². The van der Waals surface area contributed by atoms with E-state index in [0.29, 0.717) is 11.7 Å². The van der Waals surface area contributed by atoms with E-state index < -0.39 is 0 Å². The molecule has 2 rings (SSSR count). The summed E-state index contributed by atoms with van der Waals surface area (Å²) in [6, 6.07) is 0.224. The SMILES string of the molecule is CCCN1CCOC(c2noc(CCCC(C)N)n2)C1. The van der Waals surface area contributed by atoms with Crippen molar-refractivity contribution in [3.8, 4) is 0 Å². The van der Waals surface area contributed by atoms with Crippen molar-refractivity contribution in [2.75, 3.05) is 26.2 Å². The molecule has 1 aromatic rings. The van der Waals surface area contributed by atoms with Gasteiger partial charge >= 0.3 is 0 Å². The third-order valence-electron chi connectivity index (χ3n) is 3.51. The molecule has 114 valence electrons. The standard InChI is InChI=1S/C14H26N4O2/c1-3-7-18-8-9-19-12(10-18)14-16-13(20-17-14)6-4-5-11(2)15/h11-12H,3-10,15H2,1-2H3. The highest BCUT2D eigenvalue weighted by Gasteiger charge is 2.25. The molecule has 1 saturated heterocycles. The summed E-state index contributed by atoms with van der Waals surface area (Å²) in [5.74, 6) is 1.37. The molecule has 1 aliphatic rings. The first kappa shape index (κ1) is 15.4. The summed E-state index contributed by atoms with van der Waals surface area (Å²) in [6.07, 6.45) is 3.84. The molecule has 2 heterocycles. The Kier molecular flexibility index (Phi) is 5.94. The van der Waals surface area contributed by atoms with Crippen molar-refractivity contribution in [3.63, 3.8) is 0 Å². The van der Waals surface area contributed by atoms with Gasteiger partial charge in [0, 0.05) is 25.6 Å². The summed E-state index contributed by atoms with van der Waals surface area (Å²) < 4.78 is 11.0. The summed E-state index contributed by atoms with van der Waals surface area (Å²) >= 11 is 0. The molecule has 1 aliphatic heterocycles. The van der Waals surface area contributed by atoms with Crippen LogP contribution in [0.4, 0.5) is 0 Å². The van der Waals surface area contributed by atoms with Gasteiger partial charge in [-0.25, -0.2) is 0 Å². The number of ether oxygens (including phenoxy) is 1. The molecule has 0 radical (unpaired) electrons. The van der Waals surface area contributed by atoms with E-state index in [1.54, 1.807) is 0 Å². The van der Waals surface area contributed by atoms with Gasteiger partial charge in [-0.2, -0.15) is 4.98 Å². The van der Waals surface area contributed by atoms with Crippen LogP contribution in [0.2, 0.25) is 0 Å². The van der Waals surface area contributed by atoms with Gasteiger partial charge in [-0.05, 0) is 32.7 Å². The number of morpholine rings is 1. The molecule has 1 aromatic heterocycles. The Morgan fingerprint density at radius 1 is 1.50 bits per heavy atom. The summed E-state index contributed by atoms with van der Waals surface area (Å²) in [5, 5.41) is 4.06. The second-order valence-electron chi connectivity index (χ2n) is 5.58. The van der Waals surface area contributed by atoms with Crippen molar-refractivity contribution in [1.29, 1.82) is 0 Å². The van der Waals surface area contributed by atoms with Crippen LogP contribution in [0.1, 0.15) is 50.9 Å². The maximum Gasteiger partial charge on any atom is 0.226 e. The highest BCUT2D eigenvalue weighted by molar-refractivity contribution is 4.94. The van der Waals surface area contributed by atoms with E-state index in [1.807, 2.05) is 6.92 Å². The average molecular weight is 282 g/mol. The van der Waals surface area contributed by atoms with Gasteiger partial charge < -0.3 is 15.0 Å². The first-order valence-corrected chi connectivity index (χ1v) is 7.61. The lowest BCUT2D eigenvalue weighted by atomic mass is 10.1. The molecular formula is C14H26N4O2. The normalized spacial score (nSPS) is 22.1.